The van der Waals surface area contributed by atoms with E-state index in [2.05, 4.69) is 10.3 Å². The van der Waals surface area contributed by atoms with Crippen molar-refractivity contribution in [3.8, 4) is 11.5 Å². The van der Waals surface area contributed by atoms with Crippen LogP contribution in [-0.2, 0) is 25.5 Å². The highest BCUT2D eigenvalue weighted by Gasteiger charge is 2.41. The van der Waals surface area contributed by atoms with Gasteiger partial charge in [-0.1, -0.05) is 0 Å². The van der Waals surface area contributed by atoms with Crippen molar-refractivity contribution in [2.24, 2.45) is 11.8 Å². The molecule has 2 aliphatic carbocycles. The zero-order valence-corrected chi connectivity index (χ0v) is 27.8. The minimum Gasteiger partial charge on any atom is -0.497 e. The van der Waals surface area contributed by atoms with Crippen LogP contribution in [0.5, 0.6) is 11.5 Å². The second-order valence-corrected chi connectivity index (χ2v) is 13.2. The number of nitrogens with zero attached hydrogens (tertiary/aromatic N) is 2. The number of rotatable bonds is 9. The van der Waals surface area contributed by atoms with Gasteiger partial charge in [0.1, 0.15) is 11.5 Å². The maximum absolute atomic E-state index is 12.3. The van der Waals surface area contributed by atoms with Crippen LogP contribution in [-0.4, -0.2) is 68.3 Å². The van der Waals surface area contributed by atoms with Crippen molar-refractivity contribution in [2.45, 2.75) is 82.3 Å². The first-order valence-corrected chi connectivity index (χ1v) is 17.2. The summed E-state index contributed by atoms with van der Waals surface area (Å²) in [4.78, 5) is 16.6. The lowest BCUT2D eigenvalue weighted by molar-refractivity contribution is -0.183. The van der Waals surface area contributed by atoms with E-state index in [-0.39, 0.29) is 17.1 Å². The van der Waals surface area contributed by atoms with E-state index in [9.17, 15) is 4.79 Å². The summed E-state index contributed by atoms with van der Waals surface area (Å²) in [5.74, 6) is 2.33. The number of aromatic nitrogens is 2. The van der Waals surface area contributed by atoms with Gasteiger partial charge in [-0.15, -0.1) is 0 Å². The largest absolute Gasteiger partial charge is 0.497 e. The number of fused-ring (bicyclic) bond motifs is 1. The van der Waals surface area contributed by atoms with Crippen LogP contribution in [0.3, 0.4) is 0 Å². The van der Waals surface area contributed by atoms with E-state index >= 15 is 0 Å². The second kappa shape index (κ2) is 15.2. The Hall–Kier alpha value is -3.38. The molecule has 3 N–H and O–H groups in total. The van der Waals surface area contributed by atoms with Crippen LogP contribution in [0.1, 0.15) is 64.2 Å². The first-order chi connectivity index (χ1) is 22.9. The third-order valence-corrected chi connectivity index (χ3v) is 10.3. The summed E-state index contributed by atoms with van der Waals surface area (Å²) >= 11 is 0. The average molecular weight is 651 g/mol. The number of nitrogen functional groups attached to an aromatic ring is 1. The molecule has 11 nitrogen and oxygen atoms in total. The Bertz CT molecular complexity index is 1510. The number of aryl methyl sites for hydroxylation is 1. The summed E-state index contributed by atoms with van der Waals surface area (Å²) in [6.07, 6.45) is 12.0. The number of nitrogens with two attached hydrogens (primary N) is 1. The van der Waals surface area contributed by atoms with Gasteiger partial charge in [0.15, 0.2) is 11.6 Å². The summed E-state index contributed by atoms with van der Waals surface area (Å²) < 4.78 is 35.5. The van der Waals surface area contributed by atoms with Gasteiger partial charge < -0.3 is 44.0 Å². The lowest BCUT2D eigenvalue weighted by Crippen LogP contribution is -2.35. The molecule has 4 fully saturated rings. The Labute approximate surface area is 277 Å². The molecule has 0 bridgehead atoms. The molecule has 3 aromatic rings. The Morgan fingerprint density at radius 2 is 1.38 bits per heavy atom. The van der Waals surface area contributed by atoms with Gasteiger partial charge in [0, 0.05) is 50.9 Å². The molecule has 0 unspecified atom stereocenters. The smallest absolute Gasteiger partial charge is 0.269 e. The monoisotopic (exact) mass is 650 g/mol. The van der Waals surface area contributed by atoms with E-state index in [0.717, 1.165) is 111 Å². The summed E-state index contributed by atoms with van der Waals surface area (Å²) in [5, 5.41) is 3.43. The van der Waals surface area contributed by atoms with Crippen molar-refractivity contribution in [2.75, 3.05) is 58.2 Å². The maximum Gasteiger partial charge on any atom is 0.269 e. The Morgan fingerprint density at radius 3 is 1.98 bits per heavy atom. The van der Waals surface area contributed by atoms with E-state index in [0.29, 0.717) is 25.7 Å². The molecule has 4 aliphatic rings. The Balaban J connectivity index is 0.000000166. The van der Waals surface area contributed by atoms with Crippen LogP contribution in [0.25, 0.3) is 11.0 Å². The van der Waals surface area contributed by atoms with Crippen LogP contribution < -0.4 is 26.1 Å². The van der Waals surface area contributed by atoms with Gasteiger partial charge >= 0.3 is 0 Å². The van der Waals surface area contributed by atoms with E-state index in [4.69, 9.17) is 34.2 Å². The predicted octanol–water partition coefficient (Wildman–Crippen LogP) is 5.74. The number of hydrogen-bond acceptors (Lipinski definition) is 10. The van der Waals surface area contributed by atoms with Crippen molar-refractivity contribution in [1.82, 2.24) is 9.55 Å². The quantitative estimate of drug-likeness (QED) is 0.277. The van der Waals surface area contributed by atoms with Crippen LogP contribution in [0, 0.1) is 11.8 Å². The fourth-order valence-electron chi connectivity index (χ4n) is 7.42. The van der Waals surface area contributed by atoms with Crippen LogP contribution in [0.15, 0.2) is 47.4 Å². The van der Waals surface area contributed by atoms with Gasteiger partial charge in [0.2, 0.25) is 0 Å². The van der Waals surface area contributed by atoms with Gasteiger partial charge in [-0.3, -0.25) is 4.79 Å². The molecular formula is C36H50N4O7. The van der Waals surface area contributed by atoms with Crippen molar-refractivity contribution < 1.29 is 28.4 Å². The van der Waals surface area contributed by atoms with E-state index in [1.807, 2.05) is 41.0 Å². The standard InChI is InChI=1S/C19H24N2O4.C17H26N2O3/c1-23-15-2-3-16-17(12-15)21(18(22)13-20-16)9-6-14-4-7-19(8-5-14)24-10-11-25-19;1-20-14-2-3-15(18)16(12-14)19-9-6-13-4-7-17(8-5-13)21-10-11-22-17/h2-3,12-14H,4-11H2,1H3;2-3,12-13,19H,4-11,18H2,1H3. The number of benzene rings is 2. The molecule has 0 radical (unpaired) electrons. The van der Waals surface area contributed by atoms with Gasteiger partial charge in [-0.2, -0.15) is 0 Å². The van der Waals surface area contributed by atoms with E-state index in [1.165, 1.54) is 19.0 Å². The molecule has 0 atom stereocenters. The number of ether oxygens (including phenoxy) is 6. The summed E-state index contributed by atoms with van der Waals surface area (Å²) in [5.41, 5.74) is 9.29. The lowest BCUT2D eigenvalue weighted by atomic mass is 9.83. The summed E-state index contributed by atoms with van der Waals surface area (Å²) in [7, 11) is 3.30. The van der Waals surface area contributed by atoms with Crippen molar-refractivity contribution in [3.63, 3.8) is 0 Å². The lowest BCUT2D eigenvalue weighted by Gasteiger charge is -2.35. The zero-order valence-electron chi connectivity index (χ0n) is 27.8. The van der Waals surface area contributed by atoms with Gasteiger partial charge in [0.25, 0.3) is 5.56 Å². The van der Waals surface area contributed by atoms with Crippen LogP contribution in [0.2, 0.25) is 0 Å². The molecule has 2 saturated carbocycles. The molecule has 0 amide bonds. The van der Waals surface area contributed by atoms with Crippen molar-refractivity contribution in [3.05, 3.63) is 52.9 Å². The predicted molar refractivity (Wildman–Crippen MR) is 181 cm³/mol. The number of methoxy groups -OCH3 is 2. The van der Waals surface area contributed by atoms with E-state index < -0.39 is 0 Å². The molecule has 7 rings (SSSR count). The highest BCUT2D eigenvalue weighted by Crippen LogP contribution is 2.40. The second-order valence-electron chi connectivity index (χ2n) is 13.2. The highest BCUT2D eigenvalue weighted by molar-refractivity contribution is 5.76. The minimum atomic E-state index is -0.315. The average Bonchev–Trinajstić information content (AvgIpc) is 3.77. The molecule has 256 valence electrons. The van der Waals surface area contributed by atoms with Gasteiger partial charge in [0.05, 0.1) is 69.3 Å². The first kappa shape index (κ1) is 33.5. The summed E-state index contributed by atoms with van der Waals surface area (Å²) in [6, 6.07) is 11.4. The molecule has 3 heterocycles. The van der Waals surface area contributed by atoms with Gasteiger partial charge in [-0.25, -0.2) is 4.98 Å². The number of nitrogens with one attached hydrogen (secondary N) is 1. The van der Waals surface area contributed by atoms with Crippen molar-refractivity contribution >= 4 is 22.4 Å². The topological polar surface area (TPSA) is 128 Å². The normalized spacial score (nSPS) is 21.9. The molecule has 11 heteroatoms. The summed E-state index contributed by atoms with van der Waals surface area (Å²) in [6.45, 7) is 4.56. The van der Waals surface area contributed by atoms with Crippen molar-refractivity contribution in [1.29, 1.82) is 0 Å². The fraction of sp³-hybridized carbons (Fsp3) is 0.611. The molecule has 2 saturated heterocycles. The number of hydrogen-bond donors (Lipinski definition) is 2. The zero-order chi connectivity index (χ0) is 32.7. The van der Waals surface area contributed by atoms with E-state index in [1.54, 1.807) is 14.2 Å². The maximum atomic E-state index is 12.3. The third kappa shape index (κ3) is 8.20. The molecule has 1 aromatic heterocycles. The molecule has 2 aliphatic heterocycles. The Morgan fingerprint density at radius 1 is 0.830 bits per heavy atom. The SMILES string of the molecule is COc1ccc(N)c(NCCC2CCC3(CC2)OCCO3)c1.COc1ccc2ncc(=O)n(CCC3CCC4(CC3)OCCO4)c2c1. The molecule has 47 heavy (non-hydrogen) atoms. The van der Waals surface area contributed by atoms with Crippen LogP contribution in [0.4, 0.5) is 11.4 Å². The van der Waals surface area contributed by atoms with Crippen LogP contribution >= 0.6 is 0 Å². The highest BCUT2D eigenvalue weighted by atomic mass is 16.7. The third-order valence-electron chi connectivity index (χ3n) is 10.3. The minimum absolute atomic E-state index is 0.0597. The molecular weight excluding hydrogens is 600 g/mol. The molecule has 2 aromatic carbocycles. The van der Waals surface area contributed by atoms with Gasteiger partial charge in [-0.05, 0) is 74.6 Å². The first-order valence-electron chi connectivity index (χ1n) is 17.2. The fourth-order valence-corrected chi connectivity index (χ4v) is 7.42. The molecule has 2 spiro atoms. The Kier molecular flexibility index (Phi) is 10.9. The number of anilines is 2.